The molecule has 10 heteroatoms. The Morgan fingerprint density at radius 1 is 1.29 bits per heavy atom. The van der Waals surface area contributed by atoms with Crippen LogP contribution in [0.15, 0.2) is 46.7 Å². The minimum absolute atomic E-state index is 0.204. The molecule has 1 aromatic carbocycles. The van der Waals surface area contributed by atoms with E-state index in [0.29, 0.717) is 25.8 Å². The van der Waals surface area contributed by atoms with Gasteiger partial charge in [0, 0.05) is 23.3 Å². The lowest BCUT2D eigenvalue weighted by Crippen LogP contribution is -2.46. The van der Waals surface area contributed by atoms with Gasteiger partial charge >= 0.3 is 0 Å². The number of thiazole rings is 1. The molecule has 0 saturated carbocycles. The number of carbonyl (C=O) groups is 1. The van der Waals surface area contributed by atoms with Crippen LogP contribution in [-0.2, 0) is 21.2 Å². The zero-order valence-corrected chi connectivity index (χ0v) is 19.3. The van der Waals surface area contributed by atoms with Crippen LogP contribution >= 0.6 is 22.7 Å². The Bertz CT molecular complexity index is 1190. The van der Waals surface area contributed by atoms with Crippen molar-refractivity contribution in [3.8, 4) is 10.6 Å². The SMILES string of the molecule is Cc1nc(-c2ccc(CCNC(=O)C3CCCN3S(=O)(=O)c3ccccc3F)s2)cs1. The quantitative estimate of drug-likeness (QED) is 0.559. The Morgan fingerprint density at radius 2 is 2.10 bits per heavy atom. The van der Waals surface area contributed by atoms with Crippen LogP contribution in [0.2, 0.25) is 0 Å². The number of amides is 1. The van der Waals surface area contributed by atoms with E-state index in [0.717, 1.165) is 30.8 Å². The summed E-state index contributed by atoms with van der Waals surface area (Å²) in [6, 6.07) is 8.48. The lowest BCUT2D eigenvalue weighted by Gasteiger charge is -2.23. The summed E-state index contributed by atoms with van der Waals surface area (Å²) in [7, 11) is -4.07. The number of benzene rings is 1. The van der Waals surface area contributed by atoms with Gasteiger partial charge in [-0.1, -0.05) is 12.1 Å². The van der Waals surface area contributed by atoms with Crippen molar-refractivity contribution in [1.29, 1.82) is 0 Å². The number of hydrogen-bond acceptors (Lipinski definition) is 6. The van der Waals surface area contributed by atoms with E-state index in [1.54, 1.807) is 22.7 Å². The van der Waals surface area contributed by atoms with Gasteiger partial charge in [0.25, 0.3) is 0 Å². The fourth-order valence-electron chi connectivity index (χ4n) is 3.62. The molecule has 1 atom stereocenters. The lowest BCUT2D eigenvalue weighted by molar-refractivity contribution is -0.124. The number of nitrogens with one attached hydrogen (secondary N) is 1. The van der Waals surface area contributed by atoms with Gasteiger partial charge in [-0.3, -0.25) is 4.79 Å². The predicted octanol–water partition coefficient (Wildman–Crippen LogP) is 3.83. The van der Waals surface area contributed by atoms with Crippen molar-refractivity contribution in [1.82, 2.24) is 14.6 Å². The van der Waals surface area contributed by atoms with E-state index in [1.807, 2.05) is 24.4 Å². The van der Waals surface area contributed by atoms with Gasteiger partial charge in [-0.15, -0.1) is 22.7 Å². The fraction of sp³-hybridized carbons (Fsp3) is 0.333. The summed E-state index contributed by atoms with van der Waals surface area (Å²) >= 11 is 3.24. The zero-order valence-electron chi connectivity index (χ0n) is 16.9. The van der Waals surface area contributed by atoms with E-state index in [9.17, 15) is 17.6 Å². The molecule has 164 valence electrons. The molecule has 1 saturated heterocycles. The van der Waals surface area contributed by atoms with Crippen LogP contribution in [-0.4, -0.2) is 42.7 Å². The first-order valence-corrected chi connectivity index (χ1v) is 13.0. The molecule has 3 aromatic rings. The van der Waals surface area contributed by atoms with Gasteiger partial charge in [0.2, 0.25) is 15.9 Å². The summed E-state index contributed by atoms with van der Waals surface area (Å²) in [6.45, 7) is 2.58. The molecule has 31 heavy (non-hydrogen) atoms. The lowest BCUT2D eigenvalue weighted by atomic mass is 10.2. The van der Waals surface area contributed by atoms with Crippen molar-refractivity contribution in [2.75, 3.05) is 13.1 Å². The Morgan fingerprint density at radius 3 is 2.84 bits per heavy atom. The maximum atomic E-state index is 14.1. The third-order valence-corrected chi connectivity index (χ3v) is 9.02. The number of rotatable bonds is 7. The van der Waals surface area contributed by atoms with Crippen molar-refractivity contribution in [2.45, 2.75) is 37.1 Å². The Kier molecular flexibility index (Phi) is 6.52. The highest BCUT2D eigenvalue weighted by Crippen LogP contribution is 2.30. The van der Waals surface area contributed by atoms with Crippen LogP contribution in [0.4, 0.5) is 4.39 Å². The molecule has 6 nitrogen and oxygen atoms in total. The molecule has 3 heterocycles. The number of aromatic nitrogens is 1. The second-order valence-corrected chi connectivity index (χ2v) is 11.4. The highest BCUT2D eigenvalue weighted by Gasteiger charge is 2.40. The molecule has 0 bridgehead atoms. The summed E-state index contributed by atoms with van der Waals surface area (Å²) in [5.74, 6) is -1.15. The number of aryl methyl sites for hydroxylation is 1. The summed E-state index contributed by atoms with van der Waals surface area (Å²) in [4.78, 5) is 19.0. The summed E-state index contributed by atoms with van der Waals surface area (Å²) in [5, 5.41) is 5.89. The van der Waals surface area contributed by atoms with E-state index in [4.69, 9.17) is 0 Å². The second-order valence-electron chi connectivity index (χ2n) is 7.26. The molecule has 1 unspecified atom stereocenters. The van der Waals surface area contributed by atoms with Gasteiger partial charge in [-0.25, -0.2) is 17.8 Å². The maximum absolute atomic E-state index is 14.1. The molecule has 0 radical (unpaired) electrons. The zero-order chi connectivity index (χ0) is 22.0. The molecule has 0 spiro atoms. The largest absolute Gasteiger partial charge is 0.354 e. The third kappa shape index (κ3) is 4.72. The Labute approximate surface area is 188 Å². The molecule has 2 aromatic heterocycles. The summed E-state index contributed by atoms with van der Waals surface area (Å²) in [6.07, 6.45) is 1.63. The van der Waals surface area contributed by atoms with Crippen molar-refractivity contribution < 1.29 is 17.6 Å². The standard InChI is InChI=1S/C21H22FN3O3S3/c1-14-24-17(13-29-14)19-9-8-15(30-19)10-11-23-21(26)18-6-4-12-25(18)31(27,28)20-7-3-2-5-16(20)22/h2-3,5,7-9,13,18H,4,6,10-12H2,1H3,(H,23,26). The Balaban J connectivity index is 1.37. The van der Waals surface area contributed by atoms with Crippen molar-refractivity contribution >= 4 is 38.6 Å². The number of thiophene rings is 1. The fourth-order valence-corrected chi connectivity index (χ4v) is 7.00. The maximum Gasteiger partial charge on any atom is 0.246 e. The molecular formula is C21H22FN3O3S3. The van der Waals surface area contributed by atoms with Gasteiger partial charge < -0.3 is 5.32 Å². The first-order chi connectivity index (χ1) is 14.9. The minimum Gasteiger partial charge on any atom is -0.354 e. The predicted molar refractivity (Wildman–Crippen MR) is 120 cm³/mol. The average Bonchev–Trinajstić information content (AvgIpc) is 3.48. The summed E-state index contributed by atoms with van der Waals surface area (Å²) < 4.78 is 41.0. The van der Waals surface area contributed by atoms with Gasteiger partial charge in [0.15, 0.2) is 0 Å². The molecule has 1 aliphatic heterocycles. The molecular weight excluding hydrogens is 457 g/mol. The molecule has 1 N–H and O–H groups in total. The highest BCUT2D eigenvalue weighted by molar-refractivity contribution is 7.89. The van der Waals surface area contributed by atoms with Gasteiger partial charge in [-0.2, -0.15) is 4.31 Å². The topological polar surface area (TPSA) is 79.4 Å². The third-order valence-electron chi connectivity index (χ3n) is 5.13. The van der Waals surface area contributed by atoms with Crippen LogP contribution in [0, 0.1) is 12.7 Å². The second kappa shape index (κ2) is 9.15. The van der Waals surface area contributed by atoms with E-state index < -0.39 is 26.8 Å². The van der Waals surface area contributed by atoms with Crippen LogP contribution in [0.25, 0.3) is 10.6 Å². The minimum atomic E-state index is -4.07. The molecule has 4 rings (SSSR count). The number of hydrogen-bond donors (Lipinski definition) is 1. The summed E-state index contributed by atoms with van der Waals surface area (Å²) in [5.41, 5.74) is 0.961. The number of nitrogens with zero attached hydrogens (tertiary/aromatic N) is 2. The van der Waals surface area contributed by atoms with Crippen LogP contribution < -0.4 is 5.32 Å². The van der Waals surface area contributed by atoms with Gasteiger partial charge in [-0.05, 0) is 50.5 Å². The Hall–Kier alpha value is -2.14. The molecule has 0 aliphatic carbocycles. The average molecular weight is 480 g/mol. The van der Waals surface area contributed by atoms with Crippen molar-refractivity contribution in [3.05, 3.63) is 57.5 Å². The number of carbonyl (C=O) groups excluding carboxylic acids is 1. The van der Waals surface area contributed by atoms with Gasteiger partial charge in [0.05, 0.1) is 15.6 Å². The van der Waals surface area contributed by atoms with Crippen molar-refractivity contribution in [2.24, 2.45) is 0 Å². The van der Waals surface area contributed by atoms with Crippen LogP contribution in [0.3, 0.4) is 0 Å². The monoisotopic (exact) mass is 479 g/mol. The first kappa shape index (κ1) is 22.1. The number of sulfonamides is 1. The number of halogens is 1. The van der Waals surface area contributed by atoms with E-state index >= 15 is 0 Å². The van der Waals surface area contributed by atoms with Gasteiger partial charge in [0.1, 0.15) is 16.8 Å². The molecule has 1 fully saturated rings. The molecule has 1 aliphatic rings. The van der Waals surface area contributed by atoms with Crippen LogP contribution in [0.5, 0.6) is 0 Å². The van der Waals surface area contributed by atoms with E-state index in [1.165, 1.54) is 18.2 Å². The van der Waals surface area contributed by atoms with E-state index in [-0.39, 0.29) is 12.5 Å². The van der Waals surface area contributed by atoms with Crippen molar-refractivity contribution in [3.63, 3.8) is 0 Å². The normalized spacial score (nSPS) is 17.2. The highest BCUT2D eigenvalue weighted by atomic mass is 32.2. The first-order valence-electron chi connectivity index (χ1n) is 9.91. The van der Waals surface area contributed by atoms with Crippen LogP contribution in [0.1, 0.15) is 22.7 Å². The van der Waals surface area contributed by atoms with E-state index in [2.05, 4.69) is 10.3 Å². The molecule has 1 amide bonds. The smallest absolute Gasteiger partial charge is 0.246 e.